The maximum atomic E-state index is 12.5. The molecule has 2 heterocycles. The molecule has 106 valence electrons. The number of fused-ring (bicyclic) bond motifs is 1. The fourth-order valence-corrected chi connectivity index (χ4v) is 2.89. The van der Waals surface area contributed by atoms with Gasteiger partial charge in [-0.15, -0.1) is 0 Å². The summed E-state index contributed by atoms with van der Waals surface area (Å²) in [6, 6.07) is 3.74. The Hall–Kier alpha value is -1.88. The molecule has 0 radical (unpaired) electrons. The van der Waals surface area contributed by atoms with Crippen LogP contribution in [0.25, 0.3) is 5.65 Å². The zero-order chi connectivity index (χ0) is 14.0. The topological polar surface area (TPSA) is 55.6 Å². The largest absolute Gasteiger partial charge is 0.365 e. The van der Waals surface area contributed by atoms with E-state index in [1.165, 1.54) is 0 Å². The summed E-state index contributed by atoms with van der Waals surface area (Å²) in [5.41, 5.74) is 0.940. The molecule has 1 aliphatic rings. The standard InChI is InChI=1S/C15H19N3O2/c1-2-20-15(6-3-4-7-15)14(19)17-12-5-9-18-10-8-16-13(18)11-12/h5,8-11H,2-4,6-7H2,1H3,(H,17,19). The molecule has 0 spiro atoms. The fourth-order valence-electron chi connectivity index (χ4n) is 2.89. The summed E-state index contributed by atoms with van der Waals surface area (Å²) in [7, 11) is 0. The minimum absolute atomic E-state index is 0.0345. The highest BCUT2D eigenvalue weighted by Crippen LogP contribution is 2.34. The van der Waals surface area contributed by atoms with Crippen molar-refractivity contribution in [3.63, 3.8) is 0 Å². The van der Waals surface area contributed by atoms with E-state index in [0.29, 0.717) is 6.61 Å². The van der Waals surface area contributed by atoms with Crippen molar-refractivity contribution in [3.05, 3.63) is 30.7 Å². The third kappa shape index (κ3) is 2.29. The fraction of sp³-hybridized carbons (Fsp3) is 0.467. The van der Waals surface area contributed by atoms with E-state index in [2.05, 4.69) is 10.3 Å². The summed E-state index contributed by atoms with van der Waals surface area (Å²) in [4.78, 5) is 16.8. The van der Waals surface area contributed by atoms with Crippen molar-refractivity contribution in [2.45, 2.75) is 38.2 Å². The number of rotatable bonds is 4. The number of ether oxygens (including phenoxy) is 1. The molecule has 5 heteroatoms. The van der Waals surface area contributed by atoms with Gasteiger partial charge in [0.25, 0.3) is 5.91 Å². The molecule has 1 saturated carbocycles. The maximum absolute atomic E-state index is 12.5. The number of amides is 1. The van der Waals surface area contributed by atoms with E-state index < -0.39 is 5.60 Å². The molecule has 0 saturated heterocycles. The Morgan fingerprint density at radius 1 is 1.45 bits per heavy atom. The van der Waals surface area contributed by atoms with Gasteiger partial charge in [0.2, 0.25) is 0 Å². The minimum Gasteiger partial charge on any atom is -0.365 e. The van der Waals surface area contributed by atoms with Crippen molar-refractivity contribution in [2.75, 3.05) is 11.9 Å². The number of pyridine rings is 1. The van der Waals surface area contributed by atoms with Crippen LogP contribution in [0.1, 0.15) is 32.6 Å². The molecule has 1 N–H and O–H groups in total. The van der Waals surface area contributed by atoms with Gasteiger partial charge in [-0.25, -0.2) is 4.98 Å². The first-order valence-corrected chi connectivity index (χ1v) is 7.12. The number of aromatic nitrogens is 2. The number of nitrogens with zero attached hydrogens (tertiary/aromatic N) is 2. The molecule has 0 atom stereocenters. The van der Waals surface area contributed by atoms with Gasteiger partial charge < -0.3 is 14.5 Å². The normalized spacial score (nSPS) is 17.4. The summed E-state index contributed by atoms with van der Waals surface area (Å²) >= 11 is 0. The first-order valence-electron chi connectivity index (χ1n) is 7.12. The Labute approximate surface area is 118 Å². The summed E-state index contributed by atoms with van der Waals surface area (Å²) in [5.74, 6) is -0.0345. The molecule has 0 aromatic carbocycles. The lowest BCUT2D eigenvalue weighted by Gasteiger charge is -2.27. The van der Waals surface area contributed by atoms with E-state index in [4.69, 9.17) is 4.74 Å². The van der Waals surface area contributed by atoms with Crippen LogP contribution in [0, 0.1) is 0 Å². The van der Waals surface area contributed by atoms with Crippen molar-refractivity contribution in [1.29, 1.82) is 0 Å². The molecule has 1 fully saturated rings. The zero-order valence-electron chi connectivity index (χ0n) is 11.6. The van der Waals surface area contributed by atoms with Crippen LogP contribution in [-0.4, -0.2) is 27.5 Å². The number of carbonyl (C=O) groups excluding carboxylic acids is 1. The smallest absolute Gasteiger partial charge is 0.256 e. The van der Waals surface area contributed by atoms with Crippen molar-refractivity contribution >= 4 is 17.2 Å². The SMILES string of the molecule is CCOC1(C(=O)Nc2ccn3ccnc3c2)CCCC1. The second-order valence-corrected chi connectivity index (χ2v) is 5.20. The third-order valence-corrected chi connectivity index (χ3v) is 3.90. The number of hydrogen-bond donors (Lipinski definition) is 1. The monoisotopic (exact) mass is 273 g/mol. The Bertz CT molecular complexity index is 614. The molecule has 0 bridgehead atoms. The van der Waals surface area contributed by atoms with E-state index in [1.807, 2.05) is 35.9 Å². The lowest BCUT2D eigenvalue weighted by atomic mass is 10.0. The molecule has 2 aromatic rings. The Balaban J connectivity index is 1.80. The molecular weight excluding hydrogens is 254 g/mol. The first kappa shape index (κ1) is 13.1. The average molecular weight is 273 g/mol. The van der Waals surface area contributed by atoms with E-state index in [9.17, 15) is 4.79 Å². The van der Waals surface area contributed by atoms with Crippen LogP contribution in [0.4, 0.5) is 5.69 Å². The third-order valence-electron chi connectivity index (χ3n) is 3.90. The van der Waals surface area contributed by atoms with E-state index in [0.717, 1.165) is 37.0 Å². The molecular formula is C15H19N3O2. The summed E-state index contributed by atoms with van der Waals surface area (Å²) < 4.78 is 7.67. The Morgan fingerprint density at radius 2 is 2.25 bits per heavy atom. The van der Waals surface area contributed by atoms with Crippen LogP contribution >= 0.6 is 0 Å². The average Bonchev–Trinajstić information content (AvgIpc) is 3.08. The van der Waals surface area contributed by atoms with Crippen LogP contribution in [-0.2, 0) is 9.53 Å². The van der Waals surface area contributed by atoms with E-state index in [1.54, 1.807) is 6.20 Å². The molecule has 5 nitrogen and oxygen atoms in total. The van der Waals surface area contributed by atoms with Crippen LogP contribution < -0.4 is 5.32 Å². The number of nitrogens with one attached hydrogen (secondary N) is 1. The summed E-state index contributed by atoms with van der Waals surface area (Å²) in [6.45, 7) is 2.50. The van der Waals surface area contributed by atoms with Gasteiger partial charge in [0.15, 0.2) is 0 Å². The molecule has 1 aliphatic carbocycles. The number of imidazole rings is 1. The molecule has 3 rings (SSSR count). The van der Waals surface area contributed by atoms with Crippen molar-refractivity contribution in [1.82, 2.24) is 9.38 Å². The minimum atomic E-state index is -0.643. The zero-order valence-corrected chi connectivity index (χ0v) is 11.6. The maximum Gasteiger partial charge on any atom is 0.256 e. The molecule has 0 unspecified atom stereocenters. The van der Waals surface area contributed by atoms with Gasteiger partial charge in [0.05, 0.1) is 0 Å². The lowest BCUT2D eigenvalue weighted by Crippen LogP contribution is -2.43. The number of carbonyl (C=O) groups is 1. The molecule has 0 aliphatic heterocycles. The highest BCUT2D eigenvalue weighted by Gasteiger charge is 2.41. The van der Waals surface area contributed by atoms with Crippen molar-refractivity contribution in [2.24, 2.45) is 0 Å². The van der Waals surface area contributed by atoms with Gasteiger partial charge in [-0.1, -0.05) is 0 Å². The highest BCUT2D eigenvalue weighted by atomic mass is 16.5. The lowest BCUT2D eigenvalue weighted by molar-refractivity contribution is -0.140. The van der Waals surface area contributed by atoms with Gasteiger partial charge >= 0.3 is 0 Å². The van der Waals surface area contributed by atoms with Crippen LogP contribution in [0.2, 0.25) is 0 Å². The number of hydrogen-bond acceptors (Lipinski definition) is 3. The highest BCUT2D eigenvalue weighted by molar-refractivity contribution is 5.97. The van der Waals surface area contributed by atoms with Gasteiger partial charge in [-0.3, -0.25) is 4.79 Å². The summed E-state index contributed by atoms with van der Waals surface area (Å²) in [6.07, 6.45) is 9.20. The van der Waals surface area contributed by atoms with Crippen molar-refractivity contribution in [3.8, 4) is 0 Å². The van der Waals surface area contributed by atoms with Crippen LogP contribution in [0.15, 0.2) is 30.7 Å². The van der Waals surface area contributed by atoms with Gasteiger partial charge in [0.1, 0.15) is 11.2 Å². The quantitative estimate of drug-likeness (QED) is 0.931. The summed E-state index contributed by atoms with van der Waals surface area (Å²) in [5, 5.41) is 2.97. The van der Waals surface area contributed by atoms with Gasteiger partial charge in [0, 0.05) is 37.0 Å². The number of anilines is 1. The molecule has 20 heavy (non-hydrogen) atoms. The van der Waals surface area contributed by atoms with Gasteiger partial charge in [-0.2, -0.15) is 0 Å². The van der Waals surface area contributed by atoms with E-state index in [-0.39, 0.29) is 5.91 Å². The Morgan fingerprint density at radius 3 is 3.00 bits per heavy atom. The second-order valence-electron chi connectivity index (χ2n) is 5.20. The predicted molar refractivity (Wildman–Crippen MR) is 76.6 cm³/mol. The second kappa shape index (κ2) is 5.25. The van der Waals surface area contributed by atoms with Crippen LogP contribution in [0.5, 0.6) is 0 Å². The van der Waals surface area contributed by atoms with Gasteiger partial charge in [-0.05, 0) is 38.7 Å². The van der Waals surface area contributed by atoms with E-state index >= 15 is 0 Å². The first-order chi connectivity index (χ1) is 9.73. The predicted octanol–water partition coefficient (Wildman–Crippen LogP) is 2.62. The van der Waals surface area contributed by atoms with Crippen molar-refractivity contribution < 1.29 is 9.53 Å². The van der Waals surface area contributed by atoms with Crippen LogP contribution in [0.3, 0.4) is 0 Å². The Kier molecular flexibility index (Phi) is 3.44. The molecule has 2 aromatic heterocycles. The molecule has 1 amide bonds.